The maximum atomic E-state index is 11.4. The molecule has 0 aromatic heterocycles. The van der Waals surface area contributed by atoms with Crippen LogP contribution >= 0.6 is 0 Å². The van der Waals surface area contributed by atoms with Crippen molar-refractivity contribution in [2.24, 2.45) is 0 Å². The number of nitrogen functional groups attached to an aromatic ring is 1. The normalized spacial score (nSPS) is 15.5. The van der Waals surface area contributed by atoms with E-state index in [9.17, 15) is 8.42 Å². The molecule has 1 aliphatic heterocycles. The Morgan fingerprint density at radius 3 is 2.68 bits per heavy atom. The van der Waals surface area contributed by atoms with Gasteiger partial charge in [-0.25, -0.2) is 0 Å². The van der Waals surface area contributed by atoms with Crippen molar-refractivity contribution in [1.29, 1.82) is 0 Å². The Bertz CT molecular complexity index is 600. The van der Waals surface area contributed by atoms with Crippen LogP contribution in [0.1, 0.15) is 12.5 Å². The largest absolute Gasteiger partial charge is 0.501 e. The highest BCUT2D eigenvalue weighted by molar-refractivity contribution is 7.82. The van der Waals surface area contributed by atoms with Gasteiger partial charge in [0.15, 0.2) is 11.5 Å². The van der Waals surface area contributed by atoms with E-state index in [1.165, 1.54) is 0 Å². The Morgan fingerprint density at radius 2 is 2.11 bits per heavy atom. The lowest BCUT2D eigenvalue weighted by molar-refractivity contribution is 0.302. The quantitative estimate of drug-likeness (QED) is 0.774. The Kier molecular flexibility index (Phi) is 3.46. The predicted octanol–water partition coefficient (Wildman–Crippen LogP) is 0.412. The van der Waals surface area contributed by atoms with E-state index < -0.39 is 10.4 Å². The van der Waals surface area contributed by atoms with Gasteiger partial charge in [0.2, 0.25) is 0 Å². The fourth-order valence-corrected chi connectivity index (χ4v) is 2.85. The number of likely N-dealkylation sites (N-methyl/N-ethyl adjacent to an activating group) is 1. The molecule has 0 aliphatic carbocycles. The molecule has 106 valence electrons. The van der Waals surface area contributed by atoms with Crippen LogP contribution in [0.4, 0.5) is 11.4 Å². The molecular weight excluding hydrogens is 272 g/mol. The Morgan fingerprint density at radius 1 is 1.42 bits per heavy atom. The van der Waals surface area contributed by atoms with Gasteiger partial charge in [0.05, 0.1) is 6.61 Å². The van der Waals surface area contributed by atoms with Gasteiger partial charge in [0.1, 0.15) is 5.69 Å². The highest BCUT2D eigenvalue weighted by Crippen LogP contribution is 2.45. The number of anilines is 2. The number of fused-ring (bicyclic) bond motifs is 2. The Labute approximate surface area is 111 Å². The summed E-state index contributed by atoms with van der Waals surface area (Å²) >= 11 is 0. The highest BCUT2D eigenvalue weighted by Gasteiger charge is 2.31. The molecule has 8 heteroatoms. The summed E-state index contributed by atoms with van der Waals surface area (Å²) in [5.74, 6) is 0.147. The first kappa shape index (κ1) is 13.8. The van der Waals surface area contributed by atoms with E-state index in [0.29, 0.717) is 18.7 Å². The second kappa shape index (κ2) is 4.78. The van der Waals surface area contributed by atoms with Gasteiger partial charge >= 0.3 is 10.4 Å². The number of aliphatic hydroxyl groups is 1. The molecule has 19 heavy (non-hydrogen) atoms. The van der Waals surface area contributed by atoms with E-state index in [0.717, 1.165) is 5.69 Å². The average molecular weight is 288 g/mol. The van der Waals surface area contributed by atoms with Crippen molar-refractivity contribution in [1.82, 2.24) is 0 Å². The lowest BCUT2D eigenvalue weighted by Gasteiger charge is -2.28. The van der Waals surface area contributed by atoms with Crippen molar-refractivity contribution in [2.45, 2.75) is 13.8 Å². The molecule has 0 atom stereocenters. The minimum Gasteiger partial charge on any atom is -0.395 e. The molecule has 0 spiro atoms. The second-order valence-electron chi connectivity index (χ2n) is 4.14. The number of rotatable bonds is 4. The van der Waals surface area contributed by atoms with Gasteiger partial charge in [0.25, 0.3) is 0 Å². The zero-order valence-corrected chi connectivity index (χ0v) is 11.5. The third kappa shape index (κ3) is 2.41. The lowest BCUT2D eigenvalue weighted by atomic mass is 10.1. The standard InChI is InChI=1S/C11H16N2O5S/c1-3-13(4-5-14)8-6-9-10(12)11(7(8)2)18-19(15,16)17-9/h6,14H,3-5,12H2,1-2H3. The van der Waals surface area contributed by atoms with Gasteiger partial charge in [-0.1, -0.05) is 0 Å². The Hall–Kier alpha value is -1.67. The minimum absolute atomic E-state index is 0.0116. The van der Waals surface area contributed by atoms with Crippen molar-refractivity contribution < 1.29 is 21.9 Å². The topological polar surface area (TPSA) is 102 Å². The van der Waals surface area contributed by atoms with Gasteiger partial charge in [0, 0.05) is 30.4 Å². The molecule has 1 aliphatic rings. The summed E-state index contributed by atoms with van der Waals surface area (Å²) in [6.07, 6.45) is 0. The molecule has 0 amide bonds. The van der Waals surface area contributed by atoms with Crippen molar-refractivity contribution in [2.75, 3.05) is 30.3 Å². The number of nitrogens with two attached hydrogens (primary N) is 1. The molecule has 0 unspecified atom stereocenters. The summed E-state index contributed by atoms with van der Waals surface area (Å²) in [5.41, 5.74) is 7.26. The Balaban J connectivity index is 2.55. The molecule has 2 bridgehead atoms. The molecule has 7 nitrogen and oxygen atoms in total. The molecule has 3 N–H and O–H groups in total. The SMILES string of the molecule is CCN(CCO)c1cc2c(N)c(c1C)OS(=O)(=O)O2. The van der Waals surface area contributed by atoms with Crippen LogP contribution in [0.25, 0.3) is 0 Å². The van der Waals surface area contributed by atoms with Gasteiger partial charge in [-0.2, -0.15) is 0 Å². The lowest BCUT2D eigenvalue weighted by Crippen LogP contribution is -2.29. The third-order valence-electron chi connectivity index (χ3n) is 2.97. The summed E-state index contributed by atoms with van der Waals surface area (Å²) in [6.45, 7) is 4.70. The second-order valence-corrected chi connectivity index (χ2v) is 5.29. The molecule has 1 heterocycles. The maximum absolute atomic E-state index is 11.4. The van der Waals surface area contributed by atoms with Crippen molar-refractivity contribution in [3.63, 3.8) is 0 Å². The number of hydrogen-bond acceptors (Lipinski definition) is 7. The summed E-state index contributed by atoms with van der Waals surface area (Å²) in [7, 11) is -4.08. The number of nitrogens with zero attached hydrogens (tertiary/aromatic N) is 1. The van der Waals surface area contributed by atoms with Gasteiger partial charge < -0.3 is 24.1 Å². The highest BCUT2D eigenvalue weighted by atomic mass is 32.3. The third-order valence-corrected chi connectivity index (χ3v) is 3.73. The summed E-state index contributed by atoms with van der Waals surface area (Å²) in [4.78, 5) is 1.88. The van der Waals surface area contributed by atoms with Crippen LogP contribution in [-0.2, 0) is 10.4 Å². The van der Waals surface area contributed by atoms with Crippen LogP contribution in [0.3, 0.4) is 0 Å². The molecule has 0 radical (unpaired) electrons. The van der Waals surface area contributed by atoms with Crippen molar-refractivity contribution >= 4 is 21.8 Å². The van der Waals surface area contributed by atoms with Crippen LogP contribution < -0.4 is 19.0 Å². The zero-order chi connectivity index (χ0) is 14.2. The predicted molar refractivity (Wildman–Crippen MR) is 70.7 cm³/mol. The van der Waals surface area contributed by atoms with E-state index in [4.69, 9.17) is 19.2 Å². The smallest absolute Gasteiger partial charge is 0.395 e. The van der Waals surface area contributed by atoms with E-state index in [1.807, 2.05) is 11.8 Å². The first-order chi connectivity index (χ1) is 8.89. The van der Waals surface area contributed by atoms with Crippen LogP contribution in [-0.4, -0.2) is 33.2 Å². The van der Waals surface area contributed by atoms with Crippen molar-refractivity contribution in [3.05, 3.63) is 11.6 Å². The number of hydrogen-bond donors (Lipinski definition) is 2. The monoisotopic (exact) mass is 288 g/mol. The number of benzene rings is 1. The van der Waals surface area contributed by atoms with Gasteiger partial charge in [-0.05, 0) is 13.8 Å². The van der Waals surface area contributed by atoms with Gasteiger partial charge in [-0.15, -0.1) is 8.42 Å². The molecule has 0 saturated carbocycles. The number of aliphatic hydroxyl groups excluding tert-OH is 1. The molecular formula is C11H16N2O5S. The van der Waals surface area contributed by atoms with E-state index >= 15 is 0 Å². The molecule has 0 fully saturated rings. The van der Waals surface area contributed by atoms with Crippen LogP contribution in [0, 0.1) is 6.92 Å². The molecule has 2 rings (SSSR count). The fraction of sp³-hybridized carbons (Fsp3) is 0.455. The summed E-state index contributed by atoms with van der Waals surface area (Å²) < 4.78 is 32.3. The first-order valence-corrected chi connectivity index (χ1v) is 7.15. The maximum Gasteiger partial charge on any atom is 0.501 e. The van der Waals surface area contributed by atoms with Crippen molar-refractivity contribution in [3.8, 4) is 11.5 Å². The van der Waals surface area contributed by atoms with Crippen LogP contribution in [0.2, 0.25) is 0 Å². The average Bonchev–Trinajstić information content (AvgIpc) is 2.34. The summed E-state index contributed by atoms with van der Waals surface area (Å²) in [6, 6.07) is 1.55. The molecule has 1 aromatic rings. The van der Waals surface area contributed by atoms with E-state index in [-0.39, 0.29) is 23.8 Å². The fourth-order valence-electron chi connectivity index (χ4n) is 2.04. The minimum atomic E-state index is -4.08. The van der Waals surface area contributed by atoms with Crippen LogP contribution in [0.15, 0.2) is 6.07 Å². The van der Waals surface area contributed by atoms with E-state index in [2.05, 4.69) is 0 Å². The van der Waals surface area contributed by atoms with E-state index in [1.54, 1.807) is 13.0 Å². The molecule has 1 aromatic carbocycles. The van der Waals surface area contributed by atoms with Gasteiger partial charge in [-0.3, -0.25) is 0 Å². The summed E-state index contributed by atoms with van der Waals surface area (Å²) in [5, 5.41) is 9.04. The molecule has 0 saturated heterocycles. The first-order valence-electron chi connectivity index (χ1n) is 5.82. The van der Waals surface area contributed by atoms with Crippen LogP contribution in [0.5, 0.6) is 11.5 Å². The zero-order valence-electron chi connectivity index (χ0n) is 10.7.